The fourth-order valence-electron chi connectivity index (χ4n) is 2.46. The Morgan fingerprint density at radius 2 is 1.75 bits per heavy atom. The summed E-state index contributed by atoms with van der Waals surface area (Å²) in [6, 6.07) is 9.71. The number of carbonyl (C=O) groups is 2. The molecule has 1 aromatic heterocycles. The third kappa shape index (κ3) is 4.41. The lowest BCUT2D eigenvalue weighted by atomic mass is 10.1. The molecule has 0 aliphatic carbocycles. The van der Waals surface area contributed by atoms with Crippen molar-refractivity contribution in [1.82, 2.24) is 15.5 Å². The quantitative estimate of drug-likeness (QED) is 0.489. The number of rotatable bonds is 6. The number of halogens is 1. The second kappa shape index (κ2) is 8.16. The van der Waals surface area contributed by atoms with Crippen LogP contribution in [0.15, 0.2) is 52.1 Å². The molecule has 9 nitrogen and oxygen atoms in total. The Labute approximate surface area is 156 Å². The van der Waals surface area contributed by atoms with Gasteiger partial charge in [0.05, 0.1) is 23.0 Å². The molecule has 0 saturated carbocycles. The average Bonchev–Trinajstić information content (AvgIpc) is 2.68. The minimum Gasteiger partial charge on any atom is -0.484 e. The minimum atomic E-state index is -0.605. The normalized spacial score (nSPS) is 10.5. The number of nitrogens with one attached hydrogen (secondary N) is 4. The first-order valence-corrected chi connectivity index (χ1v) is 8.12. The van der Waals surface area contributed by atoms with Gasteiger partial charge in [-0.15, -0.1) is 0 Å². The highest BCUT2D eigenvalue weighted by atomic mass is 19.1. The second-order valence-electron chi connectivity index (χ2n) is 5.71. The fraction of sp³-hybridized carbons (Fsp3) is 0.111. The number of hydrogen-bond acceptors (Lipinski definition) is 5. The molecule has 0 unspecified atom stereocenters. The van der Waals surface area contributed by atoms with Crippen molar-refractivity contribution in [3.63, 3.8) is 0 Å². The summed E-state index contributed by atoms with van der Waals surface area (Å²) in [5.74, 6) is -1.51. The van der Waals surface area contributed by atoms with Crippen LogP contribution in [0.5, 0.6) is 5.75 Å². The predicted molar refractivity (Wildman–Crippen MR) is 98.7 cm³/mol. The van der Waals surface area contributed by atoms with Crippen molar-refractivity contribution in [2.24, 2.45) is 0 Å². The van der Waals surface area contributed by atoms with Gasteiger partial charge in [-0.2, -0.15) is 0 Å². The van der Waals surface area contributed by atoms with Gasteiger partial charge < -0.3 is 15.4 Å². The summed E-state index contributed by atoms with van der Waals surface area (Å²) in [6.07, 6.45) is 0. The Morgan fingerprint density at radius 1 is 1.00 bits per heavy atom. The lowest BCUT2D eigenvalue weighted by molar-refractivity contribution is -0.125. The Morgan fingerprint density at radius 3 is 2.54 bits per heavy atom. The van der Waals surface area contributed by atoms with E-state index in [0.29, 0.717) is 0 Å². The van der Waals surface area contributed by atoms with Crippen LogP contribution < -0.4 is 26.5 Å². The summed E-state index contributed by atoms with van der Waals surface area (Å²) in [6.45, 7) is -0.789. The number of fused-ring (bicyclic) bond motifs is 1. The monoisotopic (exact) mass is 386 g/mol. The molecule has 2 aromatic carbocycles. The summed E-state index contributed by atoms with van der Waals surface area (Å²) in [7, 11) is 0. The molecule has 3 aromatic rings. The third-order valence-corrected chi connectivity index (χ3v) is 3.71. The largest absolute Gasteiger partial charge is 0.484 e. The molecule has 0 bridgehead atoms. The van der Waals surface area contributed by atoms with Crippen molar-refractivity contribution < 1.29 is 18.7 Å². The number of carbonyl (C=O) groups excluding carboxylic acids is 2. The van der Waals surface area contributed by atoms with Crippen LogP contribution >= 0.6 is 0 Å². The van der Waals surface area contributed by atoms with Crippen LogP contribution in [0.25, 0.3) is 10.8 Å². The maximum atomic E-state index is 13.0. The first-order valence-electron chi connectivity index (χ1n) is 8.12. The van der Waals surface area contributed by atoms with Gasteiger partial charge >= 0.3 is 0 Å². The topological polar surface area (TPSA) is 133 Å². The molecule has 144 valence electrons. The van der Waals surface area contributed by atoms with Crippen LogP contribution in [-0.2, 0) is 9.59 Å². The summed E-state index contributed by atoms with van der Waals surface area (Å²) < 4.78 is 18.2. The van der Waals surface area contributed by atoms with E-state index in [1.54, 1.807) is 0 Å². The lowest BCUT2D eigenvalue weighted by Crippen LogP contribution is -2.36. The molecule has 0 aliphatic heterocycles. The molecule has 3 rings (SSSR count). The van der Waals surface area contributed by atoms with E-state index in [4.69, 9.17) is 4.74 Å². The number of anilines is 1. The third-order valence-electron chi connectivity index (χ3n) is 3.71. The van der Waals surface area contributed by atoms with Crippen LogP contribution in [-0.4, -0.2) is 35.2 Å². The first-order chi connectivity index (χ1) is 13.4. The van der Waals surface area contributed by atoms with E-state index in [-0.39, 0.29) is 28.8 Å². The summed E-state index contributed by atoms with van der Waals surface area (Å²) in [4.78, 5) is 47.5. The number of amides is 2. The van der Waals surface area contributed by atoms with Crippen molar-refractivity contribution in [2.75, 3.05) is 18.5 Å². The van der Waals surface area contributed by atoms with E-state index in [1.165, 1.54) is 36.4 Å². The van der Waals surface area contributed by atoms with E-state index >= 15 is 0 Å². The van der Waals surface area contributed by atoms with E-state index in [1.807, 2.05) is 0 Å². The highest BCUT2D eigenvalue weighted by Gasteiger charge is 2.12. The molecular formula is C18H15FN4O5. The zero-order chi connectivity index (χ0) is 20.1. The van der Waals surface area contributed by atoms with Gasteiger partial charge in [-0.25, -0.2) is 4.39 Å². The zero-order valence-electron chi connectivity index (χ0n) is 14.4. The molecule has 10 heteroatoms. The molecule has 2 amide bonds. The van der Waals surface area contributed by atoms with Crippen LogP contribution in [0, 0.1) is 5.82 Å². The number of benzene rings is 2. The fourth-order valence-corrected chi connectivity index (χ4v) is 2.46. The summed E-state index contributed by atoms with van der Waals surface area (Å²) in [5.41, 5.74) is -0.938. The lowest BCUT2D eigenvalue weighted by Gasteiger charge is -2.09. The standard InChI is InChI=1S/C18H15FN4O5/c19-10-3-1-4-11(7-10)28-9-15(25)20-8-14(24)21-13-6-2-5-12-16(13)18(27)23-22-17(12)26/h1-7H,8-9H2,(H,20,25)(H,21,24)(H,22,26)(H,23,27). The highest BCUT2D eigenvalue weighted by molar-refractivity contribution is 6.02. The van der Waals surface area contributed by atoms with E-state index in [0.717, 1.165) is 6.07 Å². The van der Waals surface area contributed by atoms with E-state index in [2.05, 4.69) is 20.8 Å². The van der Waals surface area contributed by atoms with Gasteiger partial charge in [-0.05, 0) is 24.3 Å². The van der Waals surface area contributed by atoms with Crippen LogP contribution in [0.4, 0.5) is 10.1 Å². The predicted octanol–water partition coefficient (Wildman–Crippen LogP) is 0.489. The molecule has 28 heavy (non-hydrogen) atoms. The van der Waals surface area contributed by atoms with Gasteiger partial charge in [-0.3, -0.25) is 29.4 Å². The van der Waals surface area contributed by atoms with Gasteiger partial charge in [-0.1, -0.05) is 12.1 Å². The number of aromatic amines is 2. The van der Waals surface area contributed by atoms with Gasteiger partial charge in [0.15, 0.2) is 6.61 Å². The Hall–Kier alpha value is -3.95. The summed E-state index contributed by atoms with van der Waals surface area (Å²) >= 11 is 0. The summed E-state index contributed by atoms with van der Waals surface area (Å²) in [5, 5.41) is 9.34. The zero-order valence-corrected chi connectivity index (χ0v) is 14.4. The molecule has 0 fully saturated rings. The Balaban J connectivity index is 1.58. The first kappa shape index (κ1) is 18.8. The second-order valence-corrected chi connectivity index (χ2v) is 5.71. The van der Waals surface area contributed by atoms with Crippen molar-refractivity contribution in [1.29, 1.82) is 0 Å². The number of ether oxygens (including phenoxy) is 1. The Bertz CT molecular complexity index is 1150. The van der Waals surface area contributed by atoms with Crippen molar-refractivity contribution in [3.8, 4) is 5.75 Å². The number of hydrogen-bond donors (Lipinski definition) is 4. The van der Waals surface area contributed by atoms with Crippen molar-refractivity contribution >= 4 is 28.3 Å². The molecule has 4 N–H and O–H groups in total. The molecule has 0 atom stereocenters. The smallest absolute Gasteiger partial charge is 0.272 e. The molecule has 0 aliphatic rings. The van der Waals surface area contributed by atoms with E-state index < -0.39 is 35.4 Å². The Kier molecular flexibility index (Phi) is 5.49. The van der Waals surface area contributed by atoms with E-state index in [9.17, 15) is 23.6 Å². The maximum Gasteiger partial charge on any atom is 0.272 e. The van der Waals surface area contributed by atoms with Crippen molar-refractivity contribution in [3.05, 3.63) is 69.0 Å². The van der Waals surface area contributed by atoms with Crippen LogP contribution in [0.1, 0.15) is 0 Å². The molecule has 0 radical (unpaired) electrons. The van der Waals surface area contributed by atoms with Crippen LogP contribution in [0.3, 0.4) is 0 Å². The molecule has 0 saturated heterocycles. The number of H-pyrrole nitrogens is 2. The highest BCUT2D eigenvalue weighted by Crippen LogP contribution is 2.16. The van der Waals surface area contributed by atoms with Gasteiger partial charge in [0.1, 0.15) is 11.6 Å². The molecule has 0 spiro atoms. The number of aromatic nitrogens is 2. The van der Waals surface area contributed by atoms with Gasteiger partial charge in [0.2, 0.25) is 5.91 Å². The van der Waals surface area contributed by atoms with Crippen molar-refractivity contribution in [2.45, 2.75) is 0 Å². The SMILES string of the molecule is O=C(COc1cccc(F)c1)NCC(=O)Nc1cccc2c(=O)[nH][nH]c(=O)c12. The van der Waals surface area contributed by atoms with Crippen LogP contribution in [0.2, 0.25) is 0 Å². The maximum absolute atomic E-state index is 13.0. The van der Waals surface area contributed by atoms with Gasteiger partial charge in [0.25, 0.3) is 17.0 Å². The van der Waals surface area contributed by atoms with Gasteiger partial charge in [0, 0.05) is 6.07 Å². The molecule has 1 heterocycles. The molecular weight excluding hydrogens is 371 g/mol. The minimum absolute atomic E-state index is 0.0281. The average molecular weight is 386 g/mol.